The fourth-order valence-corrected chi connectivity index (χ4v) is 2.27. The van der Waals surface area contributed by atoms with Crippen molar-refractivity contribution in [1.29, 1.82) is 0 Å². The van der Waals surface area contributed by atoms with Gasteiger partial charge in [0.2, 0.25) is 0 Å². The normalized spacial score (nSPS) is 11.8. The van der Waals surface area contributed by atoms with E-state index in [2.05, 4.69) is 39.5 Å². The van der Waals surface area contributed by atoms with Gasteiger partial charge in [0, 0.05) is 0 Å². The van der Waals surface area contributed by atoms with E-state index in [0.717, 1.165) is 30.8 Å². The minimum absolute atomic E-state index is 0.138. The maximum absolute atomic E-state index is 12.0. The number of rotatable bonds is 10. The number of hydrogen-bond acceptors (Lipinski definition) is 3. The quantitative estimate of drug-likeness (QED) is 0.432. The monoisotopic (exact) mass is 344 g/mol. The van der Waals surface area contributed by atoms with Gasteiger partial charge in [-0.05, 0) is 49.3 Å². The molecule has 0 radical (unpaired) electrons. The second kappa shape index (κ2) is 11.6. The minimum Gasteiger partial charge on any atom is -0.494 e. The molecule has 0 N–H and O–H groups in total. The second-order valence-corrected chi connectivity index (χ2v) is 7.15. The molecule has 1 aromatic rings. The summed E-state index contributed by atoms with van der Waals surface area (Å²) in [5.74, 6) is 7.72. The van der Waals surface area contributed by atoms with Gasteiger partial charge in [0.05, 0.1) is 25.6 Å². The van der Waals surface area contributed by atoms with Crippen molar-refractivity contribution < 1.29 is 14.3 Å². The predicted molar refractivity (Wildman–Crippen MR) is 103 cm³/mol. The van der Waals surface area contributed by atoms with Crippen LogP contribution in [0.4, 0.5) is 0 Å². The van der Waals surface area contributed by atoms with Crippen molar-refractivity contribution in [3.8, 4) is 17.6 Å². The molecule has 1 aromatic carbocycles. The van der Waals surface area contributed by atoms with Crippen LogP contribution in [0.25, 0.3) is 0 Å². The van der Waals surface area contributed by atoms with Gasteiger partial charge in [0.1, 0.15) is 5.75 Å². The van der Waals surface area contributed by atoms with Gasteiger partial charge in [-0.15, -0.1) is 5.92 Å². The van der Waals surface area contributed by atoms with E-state index in [0.29, 0.717) is 18.4 Å². The van der Waals surface area contributed by atoms with E-state index in [1.807, 2.05) is 24.3 Å². The molecule has 0 heterocycles. The Hall–Kier alpha value is -1.95. The molecule has 3 nitrogen and oxygen atoms in total. The summed E-state index contributed by atoms with van der Waals surface area (Å²) in [4.78, 5) is 12.0. The van der Waals surface area contributed by atoms with Crippen LogP contribution >= 0.6 is 0 Å². The van der Waals surface area contributed by atoms with Crippen LogP contribution in [-0.4, -0.2) is 19.2 Å². The van der Waals surface area contributed by atoms with Crippen LogP contribution in [0.15, 0.2) is 24.3 Å². The summed E-state index contributed by atoms with van der Waals surface area (Å²) in [6, 6.07) is 7.87. The van der Waals surface area contributed by atoms with Crippen LogP contribution in [0, 0.1) is 23.7 Å². The van der Waals surface area contributed by atoms with Crippen LogP contribution in [0.5, 0.6) is 5.75 Å². The molecule has 1 rings (SSSR count). The average molecular weight is 344 g/mol. The zero-order valence-electron chi connectivity index (χ0n) is 16.3. The van der Waals surface area contributed by atoms with E-state index >= 15 is 0 Å². The van der Waals surface area contributed by atoms with Crippen molar-refractivity contribution in [3.05, 3.63) is 29.8 Å². The second-order valence-electron chi connectivity index (χ2n) is 7.15. The summed E-state index contributed by atoms with van der Waals surface area (Å²) in [6.07, 6.45) is 2.21. The summed E-state index contributed by atoms with van der Waals surface area (Å²) in [5.41, 5.74) is 1.02. The molecule has 0 saturated heterocycles. The van der Waals surface area contributed by atoms with E-state index in [1.165, 1.54) is 0 Å². The molecular formula is C22H32O3. The molecule has 0 aliphatic carbocycles. The zero-order chi connectivity index (χ0) is 18.7. The topological polar surface area (TPSA) is 35.5 Å². The number of benzene rings is 1. The third kappa shape index (κ3) is 9.19. The highest BCUT2D eigenvalue weighted by Crippen LogP contribution is 2.23. The van der Waals surface area contributed by atoms with Crippen molar-refractivity contribution in [3.63, 3.8) is 0 Å². The lowest BCUT2D eigenvalue weighted by Crippen LogP contribution is -2.11. The number of carbonyl (C=O) groups excluding carboxylic acids is 1. The summed E-state index contributed by atoms with van der Waals surface area (Å²) in [5, 5.41) is 0. The third-order valence-electron chi connectivity index (χ3n) is 3.89. The first-order valence-corrected chi connectivity index (χ1v) is 9.23. The standard InChI is InChI=1S/C22H32O3/c1-6-7-20(16-22(23)25-15-13-18(4)5)19-8-10-21(11-9-19)24-14-12-17(2)3/h8-11,17-18,20H,12-16H2,1-5H3/t20-/m1/s1. The first-order valence-electron chi connectivity index (χ1n) is 9.23. The Morgan fingerprint density at radius 2 is 1.60 bits per heavy atom. The van der Waals surface area contributed by atoms with Crippen molar-refractivity contribution in [1.82, 2.24) is 0 Å². The molecule has 0 spiro atoms. The fourth-order valence-electron chi connectivity index (χ4n) is 2.27. The van der Waals surface area contributed by atoms with Crippen molar-refractivity contribution in [2.24, 2.45) is 11.8 Å². The van der Waals surface area contributed by atoms with E-state index in [-0.39, 0.29) is 18.3 Å². The largest absolute Gasteiger partial charge is 0.494 e. The maximum Gasteiger partial charge on any atom is 0.307 e. The van der Waals surface area contributed by atoms with Gasteiger partial charge in [-0.1, -0.05) is 45.7 Å². The minimum atomic E-state index is -0.189. The molecule has 138 valence electrons. The maximum atomic E-state index is 12.0. The van der Waals surface area contributed by atoms with Crippen LogP contribution in [0.1, 0.15) is 65.4 Å². The van der Waals surface area contributed by atoms with Crippen LogP contribution in [0.2, 0.25) is 0 Å². The highest BCUT2D eigenvalue weighted by atomic mass is 16.5. The van der Waals surface area contributed by atoms with Crippen molar-refractivity contribution in [2.75, 3.05) is 13.2 Å². The molecule has 0 aliphatic heterocycles. The summed E-state index contributed by atoms with van der Waals surface area (Å²) >= 11 is 0. The first-order chi connectivity index (χ1) is 11.9. The average Bonchev–Trinajstić information content (AvgIpc) is 2.54. The van der Waals surface area contributed by atoms with Crippen LogP contribution < -0.4 is 4.74 Å². The summed E-state index contributed by atoms with van der Waals surface area (Å²) < 4.78 is 11.1. The molecule has 0 unspecified atom stereocenters. The number of hydrogen-bond donors (Lipinski definition) is 0. The molecule has 0 saturated carbocycles. The highest BCUT2D eigenvalue weighted by Gasteiger charge is 2.15. The number of carbonyl (C=O) groups is 1. The van der Waals surface area contributed by atoms with E-state index < -0.39 is 0 Å². The molecular weight excluding hydrogens is 312 g/mol. The summed E-state index contributed by atoms with van der Waals surface area (Å²) in [7, 11) is 0. The molecule has 0 aliphatic rings. The lowest BCUT2D eigenvalue weighted by molar-refractivity contribution is -0.144. The van der Waals surface area contributed by atoms with Gasteiger partial charge in [0.25, 0.3) is 0 Å². The molecule has 0 bridgehead atoms. The Morgan fingerprint density at radius 1 is 1.00 bits per heavy atom. The van der Waals surface area contributed by atoms with E-state index in [1.54, 1.807) is 6.92 Å². The first kappa shape index (κ1) is 21.1. The van der Waals surface area contributed by atoms with Crippen molar-refractivity contribution in [2.45, 2.75) is 59.8 Å². The van der Waals surface area contributed by atoms with Gasteiger partial charge < -0.3 is 9.47 Å². The molecule has 0 fully saturated rings. The van der Waals surface area contributed by atoms with Gasteiger partial charge >= 0.3 is 5.97 Å². The van der Waals surface area contributed by atoms with Gasteiger partial charge in [0.15, 0.2) is 0 Å². The van der Waals surface area contributed by atoms with Crippen LogP contribution in [-0.2, 0) is 9.53 Å². The zero-order valence-corrected chi connectivity index (χ0v) is 16.3. The molecule has 3 heteroatoms. The van der Waals surface area contributed by atoms with Gasteiger partial charge in [-0.25, -0.2) is 0 Å². The lowest BCUT2D eigenvalue weighted by atomic mass is 9.96. The summed E-state index contributed by atoms with van der Waals surface area (Å²) in [6.45, 7) is 11.6. The van der Waals surface area contributed by atoms with Crippen LogP contribution in [0.3, 0.4) is 0 Å². The fraction of sp³-hybridized carbons (Fsp3) is 0.591. The number of ether oxygens (including phenoxy) is 2. The lowest BCUT2D eigenvalue weighted by Gasteiger charge is -2.13. The SMILES string of the molecule is CC#C[C@H](CC(=O)OCCC(C)C)c1ccc(OCCC(C)C)cc1. The molecule has 1 atom stereocenters. The number of esters is 1. The Balaban J connectivity index is 2.59. The highest BCUT2D eigenvalue weighted by molar-refractivity contribution is 5.71. The van der Waals surface area contributed by atoms with Gasteiger partial charge in [-0.3, -0.25) is 4.79 Å². The van der Waals surface area contributed by atoms with Gasteiger partial charge in [-0.2, -0.15) is 0 Å². The Kier molecular flexibility index (Phi) is 9.77. The molecule has 0 aromatic heterocycles. The smallest absolute Gasteiger partial charge is 0.307 e. The third-order valence-corrected chi connectivity index (χ3v) is 3.89. The van der Waals surface area contributed by atoms with Crippen molar-refractivity contribution >= 4 is 5.97 Å². The Bertz CT molecular complexity index is 561. The Morgan fingerprint density at radius 3 is 2.16 bits per heavy atom. The van der Waals surface area contributed by atoms with E-state index in [4.69, 9.17) is 9.47 Å². The predicted octanol–water partition coefficient (Wildman–Crippen LogP) is 5.20. The molecule has 0 amide bonds. The Labute approximate surface area is 153 Å². The molecule has 25 heavy (non-hydrogen) atoms. The van der Waals surface area contributed by atoms with E-state index in [9.17, 15) is 4.79 Å².